The van der Waals surface area contributed by atoms with Crippen molar-refractivity contribution >= 4 is 18.0 Å². The number of aromatic nitrogens is 1. The van der Waals surface area contributed by atoms with Crippen molar-refractivity contribution in [1.29, 1.82) is 0 Å². The van der Waals surface area contributed by atoms with Gasteiger partial charge in [0.15, 0.2) is 0 Å². The molecule has 1 saturated heterocycles. The van der Waals surface area contributed by atoms with Gasteiger partial charge in [0.25, 0.3) is 5.91 Å². The Morgan fingerprint density at radius 2 is 1.60 bits per heavy atom. The molecule has 1 atom stereocenters. The molecule has 0 unspecified atom stereocenters. The monoisotopic (exact) mass is 685 g/mol. The maximum Gasteiger partial charge on any atom is 0.573 e. The first-order valence-electron chi connectivity index (χ1n) is 14.7. The number of nitrogens with zero attached hydrogens (tertiary/aromatic N) is 3. The van der Waals surface area contributed by atoms with Crippen LogP contribution in [0.15, 0.2) is 54.6 Å². The van der Waals surface area contributed by atoms with Crippen molar-refractivity contribution in [3.63, 3.8) is 0 Å². The normalized spacial score (nSPS) is 17.1. The van der Waals surface area contributed by atoms with Crippen molar-refractivity contribution in [2.75, 3.05) is 46.3 Å². The van der Waals surface area contributed by atoms with Crippen molar-refractivity contribution in [3.8, 4) is 28.1 Å². The summed E-state index contributed by atoms with van der Waals surface area (Å²) >= 11 is 0. The molecule has 0 aliphatic carbocycles. The number of carboxylic acid groups (broad SMARTS) is 2. The number of hydrogen-bond acceptors (Lipinski definition) is 6. The molecule has 260 valence electrons. The molecule has 4 N–H and O–H groups in total. The predicted octanol–water partition coefficient (Wildman–Crippen LogP) is 5.04. The minimum Gasteiger partial charge on any atom is -0.475 e. The maximum absolute atomic E-state index is 13.0. The van der Waals surface area contributed by atoms with Crippen LogP contribution in [0.4, 0.5) is 31.1 Å². The Labute approximate surface area is 270 Å². The Morgan fingerprint density at radius 1 is 0.958 bits per heavy atom. The number of carbonyl (C=O) groups is 3. The summed E-state index contributed by atoms with van der Waals surface area (Å²) in [5.41, 5.74) is 3.98. The molecular weight excluding hydrogens is 652 g/mol. The van der Waals surface area contributed by atoms with E-state index in [1.165, 1.54) is 18.2 Å². The van der Waals surface area contributed by atoms with Crippen molar-refractivity contribution in [2.24, 2.45) is 0 Å². The molecule has 3 aromatic rings. The highest BCUT2D eigenvalue weighted by Crippen LogP contribution is 2.40. The fourth-order valence-electron chi connectivity index (χ4n) is 5.46. The van der Waals surface area contributed by atoms with Crippen LogP contribution in [0.25, 0.3) is 22.4 Å². The van der Waals surface area contributed by atoms with Gasteiger partial charge in [-0.1, -0.05) is 36.4 Å². The molecule has 2 aliphatic heterocycles. The Hall–Kier alpha value is -4.77. The van der Waals surface area contributed by atoms with E-state index in [-0.39, 0.29) is 30.8 Å². The van der Waals surface area contributed by atoms with Crippen molar-refractivity contribution in [2.45, 2.75) is 31.5 Å². The van der Waals surface area contributed by atoms with E-state index in [1.54, 1.807) is 12.1 Å². The first-order chi connectivity index (χ1) is 22.5. The van der Waals surface area contributed by atoms with Crippen LogP contribution < -0.4 is 15.4 Å². The molecule has 0 saturated carbocycles. The van der Waals surface area contributed by atoms with Crippen LogP contribution >= 0.6 is 0 Å². The minimum absolute atomic E-state index is 0.168. The van der Waals surface area contributed by atoms with Gasteiger partial charge in [0.1, 0.15) is 11.4 Å². The summed E-state index contributed by atoms with van der Waals surface area (Å²) in [6.07, 6.45) is -10.7. The molecule has 0 radical (unpaired) electrons. The number of piperazine rings is 1. The number of likely N-dealkylation sites (N-methyl/N-ethyl adjacent to an activating group) is 1. The SMILES string of the molecule is CN1CCN(Cc2ccc(-c3c(-c4cccc(OC(F)(F)F)c4)cc4n3[C@@H](CCNC(=O)O)CNC4=O)cc2)CC1.O=C(O)C(F)(F)F. The zero-order valence-corrected chi connectivity index (χ0v) is 25.6. The molecule has 5 rings (SSSR count). The fraction of sp³-hybridized carbons (Fsp3) is 0.387. The minimum atomic E-state index is -5.08. The van der Waals surface area contributed by atoms with Crippen molar-refractivity contribution in [3.05, 3.63) is 65.9 Å². The van der Waals surface area contributed by atoms with Gasteiger partial charge in [-0.25, -0.2) is 9.59 Å². The van der Waals surface area contributed by atoms with Crippen LogP contribution in [0.5, 0.6) is 5.75 Å². The summed E-state index contributed by atoms with van der Waals surface area (Å²) in [6, 6.07) is 15.1. The lowest BCUT2D eigenvalue weighted by molar-refractivity contribution is -0.274. The zero-order valence-electron chi connectivity index (χ0n) is 25.6. The highest BCUT2D eigenvalue weighted by Gasteiger charge is 2.38. The van der Waals surface area contributed by atoms with Gasteiger partial charge in [-0.3, -0.25) is 9.69 Å². The second-order valence-corrected chi connectivity index (χ2v) is 11.2. The van der Waals surface area contributed by atoms with Crippen LogP contribution in [0.1, 0.15) is 28.5 Å². The number of carbonyl (C=O) groups excluding carboxylic acids is 1. The van der Waals surface area contributed by atoms with Gasteiger partial charge < -0.3 is 35.1 Å². The third-order valence-corrected chi connectivity index (χ3v) is 7.74. The Balaban J connectivity index is 0.000000671. The van der Waals surface area contributed by atoms with E-state index in [4.69, 9.17) is 15.0 Å². The Kier molecular flexibility index (Phi) is 11.3. The van der Waals surface area contributed by atoms with Crippen LogP contribution in [0.2, 0.25) is 0 Å². The number of ether oxygens (including phenoxy) is 1. The van der Waals surface area contributed by atoms with E-state index in [9.17, 15) is 35.9 Å². The van der Waals surface area contributed by atoms with Crippen LogP contribution in [0.3, 0.4) is 0 Å². The van der Waals surface area contributed by atoms with Crippen molar-refractivity contribution in [1.82, 2.24) is 25.0 Å². The van der Waals surface area contributed by atoms with Gasteiger partial charge in [-0.05, 0) is 48.4 Å². The molecule has 11 nitrogen and oxygen atoms in total. The number of nitrogens with one attached hydrogen (secondary N) is 2. The molecule has 1 fully saturated rings. The number of alkyl halides is 6. The summed E-state index contributed by atoms with van der Waals surface area (Å²) in [7, 11) is 2.11. The molecule has 1 aromatic heterocycles. The number of benzene rings is 2. The van der Waals surface area contributed by atoms with Crippen LogP contribution in [0, 0.1) is 0 Å². The first kappa shape index (κ1) is 36.1. The number of hydrogen-bond donors (Lipinski definition) is 4. The molecule has 2 aromatic carbocycles. The van der Waals surface area contributed by atoms with E-state index < -0.39 is 24.6 Å². The Bertz CT molecular complexity index is 1600. The lowest BCUT2D eigenvalue weighted by Crippen LogP contribution is -2.43. The molecule has 17 heteroatoms. The van der Waals surface area contributed by atoms with Crippen molar-refractivity contribution < 1.29 is 55.7 Å². The Morgan fingerprint density at radius 3 is 2.19 bits per heavy atom. The van der Waals surface area contributed by atoms with Gasteiger partial charge in [-0.15, -0.1) is 13.2 Å². The predicted molar refractivity (Wildman–Crippen MR) is 160 cm³/mol. The molecule has 3 heterocycles. The number of rotatable bonds is 8. The van der Waals surface area contributed by atoms with Gasteiger partial charge >= 0.3 is 24.6 Å². The van der Waals surface area contributed by atoms with E-state index in [0.29, 0.717) is 28.9 Å². The molecule has 2 amide bonds. The fourth-order valence-corrected chi connectivity index (χ4v) is 5.46. The number of fused-ring (bicyclic) bond motifs is 1. The molecular formula is C31H33F6N5O6. The molecule has 0 bridgehead atoms. The number of carboxylic acids is 1. The van der Waals surface area contributed by atoms with E-state index >= 15 is 0 Å². The average molecular weight is 686 g/mol. The summed E-state index contributed by atoms with van der Waals surface area (Å²) in [6.45, 7) is 5.23. The van der Waals surface area contributed by atoms with E-state index in [1.807, 2.05) is 28.8 Å². The average Bonchev–Trinajstić information content (AvgIpc) is 3.41. The number of halogens is 6. The van der Waals surface area contributed by atoms with Crippen LogP contribution in [-0.4, -0.2) is 101 Å². The first-order valence-corrected chi connectivity index (χ1v) is 14.7. The summed E-state index contributed by atoms with van der Waals surface area (Å²) < 4.78 is 76.7. The quantitative estimate of drug-likeness (QED) is 0.242. The zero-order chi connectivity index (χ0) is 35.2. The number of aliphatic carboxylic acids is 1. The largest absolute Gasteiger partial charge is 0.573 e. The second kappa shape index (κ2) is 15.0. The smallest absolute Gasteiger partial charge is 0.475 e. The summed E-state index contributed by atoms with van der Waals surface area (Å²) in [5.74, 6) is -3.43. The van der Waals surface area contributed by atoms with E-state index in [0.717, 1.165) is 43.9 Å². The summed E-state index contributed by atoms with van der Waals surface area (Å²) in [4.78, 5) is 37.6. The van der Waals surface area contributed by atoms with Gasteiger partial charge in [0.05, 0.1) is 11.7 Å². The molecule has 48 heavy (non-hydrogen) atoms. The van der Waals surface area contributed by atoms with E-state index in [2.05, 4.69) is 32.2 Å². The van der Waals surface area contributed by atoms with Gasteiger partial charge in [-0.2, -0.15) is 13.2 Å². The highest BCUT2D eigenvalue weighted by molar-refractivity contribution is 5.98. The summed E-state index contributed by atoms with van der Waals surface area (Å²) in [5, 5.41) is 21.4. The second-order valence-electron chi connectivity index (χ2n) is 11.2. The lowest BCUT2D eigenvalue weighted by atomic mass is 9.99. The topological polar surface area (TPSA) is 136 Å². The number of amides is 2. The lowest BCUT2D eigenvalue weighted by Gasteiger charge is -2.32. The third kappa shape index (κ3) is 9.63. The standard InChI is InChI=1S/C29H32F3N5O4.C2HF3O2/c1-35-11-13-36(14-12-35)18-19-5-7-20(8-6-19)26-24(21-3-2-4-23(15-21)41-29(30,31)32)16-25-27(38)34-17-22(37(25)26)9-10-33-28(39)40;3-2(4,5)1(6)7/h2-8,15-16,22,33H,9-14,17-18H2,1H3,(H,34,38)(H,39,40);(H,6,7)/t22-;/m0./s1. The molecule has 0 spiro atoms. The maximum atomic E-state index is 13.0. The van der Waals surface area contributed by atoms with Crippen LogP contribution in [-0.2, 0) is 11.3 Å². The highest BCUT2D eigenvalue weighted by atomic mass is 19.4. The third-order valence-electron chi connectivity index (χ3n) is 7.74. The van der Waals surface area contributed by atoms with Gasteiger partial charge in [0.2, 0.25) is 0 Å². The van der Waals surface area contributed by atoms with Gasteiger partial charge in [0, 0.05) is 51.4 Å². The molecule has 2 aliphatic rings.